The Labute approximate surface area is 562 Å². The highest BCUT2D eigenvalue weighted by atomic mass is 31.2. The second kappa shape index (κ2) is 62.6. The van der Waals surface area contributed by atoms with E-state index in [4.69, 9.17) is 37.0 Å². The van der Waals surface area contributed by atoms with Crippen LogP contribution in [0.4, 0.5) is 0 Å². The van der Waals surface area contributed by atoms with Crippen LogP contribution in [-0.2, 0) is 65.4 Å². The van der Waals surface area contributed by atoms with Gasteiger partial charge in [0, 0.05) is 25.7 Å². The molecular formula is C73H142O17P2. The van der Waals surface area contributed by atoms with Crippen molar-refractivity contribution in [2.24, 2.45) is 23.7 Å². The fourth-order valence-corrected chi connectivity index (χ4v) is 12.6. The Morgan fingerprint density at radius 3 is 0.772 bits per heavy atom. The van der Waals surface area contributed by atoms with Gasteiger partial charge in [-0.1, -0.05) is 312 Å². The van der Waals surface area contributed by atoms with E-state index in [1.165, 1.54) is 167 Å². The largest absolute Gasteiger partial charge is 0.472 e. The monoisotopic (exact) mass is 1350 g/mol. The fraction of sp³-hybridized carbons (Fsp3) is 0.945. The Morgan fingerprint density at radius 1 is 0.304 bits per heavy atom. The van der Waals surface area contributed by atoms with E-state index in [9.17, 15) is 43.2 Å². The molecule has 0 aliphatic rings. The first-order valence-electron chi connectivity index (χ1n) is 37.7. The van der Waals surface area contributed by atoms with Gasteiger partial charge in [-0.2, -0.15) is 0 Å². The predicted octanol–water partition coefficient (Wildman–Crippen LogP) is 20.9. The van der Waals surface area contributed by atoms with Crippen LogP contribution in [0.3, 0.4) is 0 Å². The number of phosphoric ester groups is 2. The maximum atomic E-state index is 13.0. The molecule has 0 radical (unpaired) electrons. The van der Waals surface area contributed by atoms with Crippen molar-refractivity contribution in [2.45, 2.75) is 382 Å². The number of rotatable bonds is 70. The molecule has 0 heterocycles. The van der Waals surface area contributed by atoms with Gasteiger partial charge >= 0.3 is 39.5 Å². The van der Waals surface area contributed by atoms with Crippen molar-refractivity contribution in [1.29, 1.82) is 0 Å². The summed E-state index contributed by atoms with van der Waals surface area (Å²) in [6.07, 6.45) is 45.8. The number of hydrogen-bond acceptors (Lipinski definition) is 15. The molecule has 0 aliphatic heterocycles. The van der Waals surface area contributed by atoms with Gasteiger partial charge in [0.25, 0.3) is 0 Å². The first kappa shape index (κ1) is 90.1. The number of hydrogen-bond donors (Lipinski definition) is 3. The van der Waals surface area contributed by atoms with Crippen molar-refractivity contribution in [3.8, 4) is 0 Å². The molecule has 0 rings (SSSR count). The molecular weight excluding hydrogens is 1210 g/mol. The molecule has 0 bridgehead atoms. The lowest BCUT2D eigenvalue weighted by atomic mass is 9.99. The molecule has 0 saturated heterocycles. The third-order valence-electron chi connectivity index (χ3n) is 17.2. The van der Waals surface area contributed by atoms with E-state index in [0.29, 0.717) is 25.7 Å². The van der Waals surface area contributed by atoms with Crippen molar-refractivity contribution >= 4 is 39.5 Å². The Balaban J connectivity index is 5.26. The van der Waals surface area contributed by atoms with E-state index in [-0.39, 0.29) is 25.7 Å². The maximum absolute atomic E-state index is 13.0. The summed E-state index contributed by atoms with van der Waals surface area (Å²) in [5.41, 5.74) is 0. The van der Waals surface area contributed by atoms with Crippen LogP contribution in [0.5, 0.6) is 0 Å². The number of phosphoric acid groups is 2. The van der Waals surface area contributed by atoms with Gasteiger partial charge in [-0.05, 0) is 49.4 Å². The topological polar surface area (TPSA) is 237 Å². The van der Waals surface area contributed by atoms with E-state index in [2.05, 4.69) is 55.4 Å². The molecule has 4 unspecified atom stereocenters. The summed E-state index contributed by atoms with van der Waals surface area (Å²) in [4.78, 5) is 72.7. The molecule has 0 aliphatic carbocycles. The van der Waals surface area contributed by atoms with E-state index in [0.717, 1.165) is 114 Å². The van der Waals surface area contributed by atoms with Crippen LogP contribution in [0.15, 0.2) is 0 Å². The van der Waals surface area contributed by atoms with Gasteiger partial charge in [0.1, 0.15) is 19.3 Å². The molecule has 6 atom stereocenters. The first-order valence-corrected chi connectivity index (χ1v) is 40.7. The lowest BCUT2D eigenvalue weighted by Gasteiger charge is -2.21. The quantitative estimate of drug-likeness (QED) is 0.0222. The molecule has 0 saturated carbocycles. The van der Waals surface area contributed by atoms with Crippen molar-refractivity contribution in [3.63, 3.8) is 0 Å². The van der Waals surface area contributed by atoms with E-state index >= 15 is 0 Å². The summed E-state index contributed by atoms with van der Waals surface area (Å²) >= 11 is 0. The standard InChI is InChI=1S/C73H142O17P2/c1-9-66(8)52-44-36-28-18-15-16-20-32-40-48-56-73(78)90-69(60-84-71(76)54-46-38-30-24-22-27-35-43-51-65(6)7)62-88-92(81,82)86-58-67(74)57-85-91(79,80)87-61-68(59-83-70(75)53-45-37-29-23-21-26-34-42-50-64(4)5)89-72(77)55-47-39-31-19-14-12-10-11-13-17-25-33-41-49-63(2)3/h63-69,74H,9-62H2,1-8H3,(H,79,80)(H,81,82)/t66?,67?,68-,69-/m1/s1. The number of unbranched alkanes of at least 4 members (excludes halogenated alkanes) is 35. The highest BCUT2D eigenvalue weighted by Gasteiger charge is 2.30. The first-order chi connectivity index (χ1) is 44.1. The summed E-state index contributed by atoms with van der Waals surface area (Å²) in [6.45, 7) is 14.1. The van der Waals surface area contributed by atoms with Gasteiger partial charge < -0.3 is 33.8 Å². The minimum absolute atomic E-state index is 0.105. The van der Waals surface area contributed by atoms with Gasteiger partial charge in [-0.3, -0.25) is 37.3 Å². The molecule has 0 fully saturated rings. The van der Waals surface area contributed by atoms with Crippen LogP contribution in [0, 0.1) is 23.7 Å². The molecule has 0 spiro atoms. The number of esters is 4. The van der Waals surface area contributed by atoms with Gasteiger partial charge in [0.2, 0.25) is 0 Å². The molecule has 19 heteroatoms. The lowest BCUT2D eigenvalue weighted by molar-refractivity contribution is -0.161. The van der Waals surface area contributed by atoms with Crippen LogP contribution >= 0.6 is 15.6 Å². The Morgan fingerprint density at radius 2 is 0.522 bits per heavy atom. The second-order valence-corrected chi connectivity index (χ2v) is 30.9. The zero-order chi connectivity index (χ0) is 68.2. The Bertz CT molecular complexity index is 1820. The zero-order valence-electron chi connectivity index (χ0n) is 60.2. The molecule has 17 nitrogen and oxygen atoms in total. The summed E-state index contributed by atoms with van der Waals surface area (Å²) in [5.74, 6) is 0.917. The van der Waals surface area contributed by atoms with Crippen LogP contribution < -0.4 is 0 Å². The molecule has 3 N–H and O–H groups in total. The third-order valence-corrected chi connectivity index (χ3v) is 19.1. The average molecular weight is 1350 g/mol. The van der Waals surface area contributed by atoms with Gasteiger partial charge in [0.05, 0.1) is 26.4 Å². The maximum Gasteiger partial charge on any atom is 0.472 e. The fourth-order valence-electron chi connectivity index (χ4n) is 11.0. The predicted molar refractivity (Wildman–Crippen MR) is 372 cm³/mol. The minimum Gasteiger partial charge on any atom is -0.462 e. The number of carbonyl (C=O) groups is 4. The second-order valence-electron chi connectivity index (χ2n) is 28.0. The minimum atomic E-state index is -4.95. The SMILES string of the molecule is CCC(C)CCCCCCCCCCCCC(=O)O[C@H](COC(=O)CCCCCCCCCCC(C)C)COP(=O)(O)OCC(O)COP(=O)(O)OC[C@@H](COC(=O)CCCCCCCCCCC(C)C)OC(=O)CCCCCCCCCCCCCCCC(C)C. The molecule has 0 aromatic heterocycles. The molecule has 0 amide bonds. The number of aliphatic hydroxyl groups is 1. The highest BCUT2D eigenvalue weighted by Crippen LogP contribution is 2.45. The number of carbonyl (C=O) groups excluding carboxylic acids is 4. The van der Waals surface area contributed by atoms with Crippen molar-refractivity contribution < 1.29 is 80.2 Å². The van der Waals surface area contributed by atoms with Crippen LogP contribution in [-0.4, -0.2) is 96.7 Å². The molecule has 92 heavy (non-hydrogen) atoms. The van der Waals surface area contributed by atoms with Gasteiger partial charge in [-0.25, -0.2) is 9.13 Å². The van der Waals surface area contributed by atoms with Crippen LogP contribution in [0.1, 0.15) is 364 Å². The van der Waals surface area contributed by atoms with Crippen molar-refractivity contribution in [1.82, 2.24) is 0 Å². The van der Waals surface area contributed by atoms with Crippen LogP contribution in [0.25, 0.3) is 0 Å². The Kier molecular flexibility index (Phi) is 61.3. The number of aliphatic hydroxyl groups excluding tert-OH is 1. The van der Waals surface area contributed by atoms with E-state index in [1.54, 1.807) is 0 Å². The lowest BCUT2D eigenvalue weighted by Crippen LogP contribution is -2.30. The normalized spacial score (nSPS) is 14.5. The summed E-state index contributed by atoms with van der Waals surface area (Å²) in [7, 11) is -9.91. The number of ether oxygens (including phenoxy) is 4. The Hall–Kier alpha value is -1.94. The van der Waals surface area contributed by atoms with Crippen molar-refractivity contribution in [3.05, 3.63) is 0 Å². The van der Waals surface area contributed by atoms with Crippen LogP contribution in [0.2, 0.25) is 0 Å². The summed E-state index contributed by atoms with van der Waals surface area (Å²) in [6, 6.07) is 0. The third kappa shape index (κ3) is 65.4. The molecule has 546 valence electrons. The van der Waals surface area contributed by atoms with Crippen molar-refractivity contribution in [2.75, 3.05) is 39.6 Å². The average Bonchev–Trinajstić information content (AvgIpc) is 3.29. The van der Waals surface area contributed by atoms with Gasteiger partial charge in [0.15, 0.2) is 12.2 Å². The van der Waals surface area contributed by atoms with E-state index in [1.807, 2.05) is 0 Å². The summed E-state index contributed by atoms with van der Waals surface area (Å²) < 4.78 is 68.4. The van der Waals surface area contributed by atoms with Gasteiger partial charge in [-0.15, -0.1) is 0 Å². The smallest absolute Gasteiger partial charge is 0.462 e. The zero-order valence-corrected chi connectivity index (χ0v) is 62.0. The summed E-state index contributed by atoms with van der Waals surface area (Å²) in [5, 5.41) is 10.6. The van der Waals surface area contributed by atoms with E-state index < -0.39 is 97.5 Å². The highest BCUT2D eigenvalue weighted by molar-refractivity contribution is 7.47. The molecule has 0 aromatic rings. The molecule has 0 aromatic carbocycles.